The average molecular weight is 287 g/mol. The molecule has 0 bridgehead atoms. The summed E-state index contributed by atoms with van der Waals surface area (Å²) < 4.78 is 7.44. The summed E-state index contributed by atoms with van der Waals surface area (Å²) in [5.74, 6) is 2.04. The molecule has 1 aromatic carbocycles. The number of imidazole rings is 1. The molecule has 0 aliphatic carbocycles. The van der Waals surface area contributed by atoms with Crippen LogP contribution in [0, 0.1) is 0 Å². The van der Waals surface area contributed by atoms with Crippen molar-refractivity contribution in [3.8, 4) is 5.75 Å². The van der Waals surface area contributed by atoms with E-state index in [9.17, 15) is 0 Å². The first-order valence-electron chi connectivity index (χ1n) is 7.59. The van der Waals surface area contributed by atoms with Gasteiger partial charge >= 0.3 is 0 Å². The zero-order valence-corrected chi connectivity index (χ0v) is 13.2. The fraction of sp³-hybridized carbons (Fsp3) is 0.471. The number of ether oxygens (including phenoxy) is 1. The zero-order valence-electron chi connectivity index (χ0n) is 13.2. The van der Waals surface area contributed by atoms with Crippen LogP contribution in [0.4, 0.5) is 0 Å². The van der Waals surface area contributed by atoms with Crippen LogP contribution < -0.4 is 10.1 Å². The highest BCUT2D eigenvalue weighted by Crippen LogP contribution is 2.19. The van der Waals surface area contributed by atoms with Gasteiger partial charge in [0, 0.05) is 18.9 Å². The highest BCUT2D eigenvalue weighted by molar-refractivity contribution is 5.27. The Kier molecular flexibility index (Phi) is 5.81. The Hall–Kier alpha value is -1.81. The van der Waals surface area contributed by atoms with Crippen LogP contribution >= 0.6 is 0 Å². The van der Waals surface area contributed by atoms with Crippen molar-refractivity contribution in [1.29, 1.82) is 0 Å². The zero-order chi connectivity index (χ0) is 15.1. The van der Waals surface area contributed by atoms with E-state index in [-0.39, 0.29) is 6.04 Å². The van der Waals surface area contributed by atoms with Crippen LogP contribution in [0.3, 0.4) is 0 Å². The van der Waals surface area contributed by atoms with Gasteiger partial charge in [0.25, 0.3) is 0 Å². The molecule has 1 aromatic heterocycles. The largest absolute Gasteiger partial charge is 0.497 e. The number of hydrogen-bond donors (Lipinski definition) is 1. The lowest BCUT2D eigenvalue weighted by Crippen LogP contribution is -2.21. The topological polar surface area (TPSA) is 39.1 Å². The van der Waals surface area contributed by atoms with E-state index >= 15 is 0 Å². The van der Waals surface area contributed by atoms with Crippen LogP contribution in [-0.4, -0.2) is 23.7 Å². The van der Waals surface area contributed by atoms with Crippen LogP contribution in [0.25, 0.3) is 0 Å². The summed E-state index contributed by atoms with van der Waals surface area (Å²) in [6, 6.07) is 8.58. The molecule has 1 heterocycles. The first-order valence-corrected chi connectivity index (χ1v) is 7.59. The molecule has 0 fully saturated rings. The van der Waals surface area contributed by atoms with Gasteiger partial charge in [-0.3, -0.25) is 0 Å². The van der Waals surface area contributed by atoms with Gasteiger partial charge in [-0.05, 0) is 44.0 Å². The highest BCUT2D eigenvalue weighted by Gasteiger charge is 2.14. The van der Waals surface area contributed by atoms with E-state index in [2.05, 4.69) is 40.1 Å². The van der Waals surface area contributed by atoms with Gasteiger partial charge < -0.3 is 14.6 Å². The Labute approximate surface area is 127 Å². The Morgan fingerprint density at radius 1 is 1.29 bits per heavy atom. The minimum atomic E-state index is 0.286. The third kappa shape index (κ3) is 4.08. The second-order valence-electron chi connectivity index (χ2n) is 5.21. The predicted molar refractivity (Wildman–Crippen MR) is 85.6 cm³/mol. The molecule has 0 amide bonds. The molecule has 0 saturated carbocycles. The molecule has 21 heavy (non-hydrogen) atoms. The van der Waals surface area contributed by atoms with E-state index in [4.69, 9.17) is 4.74 Å². The molecule has 1 N–H and O–H groups in total. The standard InChI is InChI=1S/C17H25N3O/c1-4-12-20-13-11-19-17(20)16(18-2)10-7-14-5-8-15(21-3)9-6-14/h5-6,8-9,11,13,16,18H,4,7,10,12H2,1-3H3. The summed E-state index contributed by atoms with van der Waals surface area (Å²) in [7, 11) is 3.70. The van der Waals surface area contributed by atoms with Crippen LogP contribution in [0.5, 0.6) is 5.75 Å². The van der Waals surface area contributed by atoms with Crippen molar-refractivity contribution in [2.45, 2.75) is 38.8 Å². The number of aromatic nitrogens is 2. The third-order valence-corrected chi connectivity index (χ3v) is 3.75. The van der Waals surface area contributed by atoms with Crippen molar-refractivity contribution in [2.75, 3.05) is 14.2 Å². The van der Waals surface area contributed by atoms with Gasteiger partial charge in [0.15, 0.2) is 0 Å². The fourth-order valence-corrected chi connectivity index (χ4v) is 2.57. The molecule has 1 atom stereocenters. The molecule has 4 heteroatoms. The van der Waals surface area contributed by atoms with E-state index in [1.165, 1.54) is 5.56 Å². The number of hydrogen-bond acceptors (Lipinski definition) is 3. The summed E-state index contributed by atoms with van der Waals surface area (Å²) in [5, 5.41) is 3.39. The lowest BCUT2D eigenvalue weighted by molar-refractivity contribution is 0.414. The maximum absolute atomic E-state index is 5.19. The van der Waals surface area contributed by atoms with E-state index in [0.717, 1.165) is 37.4 Å². The van der Waals surface area contributed by atoms with Crippen LogP contribution in [0.15, 0.2) is 36.7 Å². The van der Waals surface area contributed by atoms with E-state index in [1.807, 2.05) is 25.4 Å². The van der Waals surface area contributed by atoms with Crippen molar-refractivity contribution >= 4 is 0 Å². The molecule has 0 aliphatic rings. The van der Waals surface area contributed by atoms with Crippen LogP contribution in [-0.2, 0) is 13.0 Å². The minimum Gasteiger partial charge on any atom is -0.497 e. The van der Waals surface area contributed by atoms with E-state index in [0.29, 0.717) is 0 Å². The van der Waals surface area contributed by atoms with Crippen LogP contribution in [0.1, 0.15) is 37.2 Å². The highest BCUT2D eigenvalue weighted by atomic mass is 16.5. The average Bonchev–Trinajstić information content (AvgIpc) is 2.97. The third-order valence-electron chi connectivity index (χ3n) is 3.75. The Balaban J connectivity index is 1.99. The Bertz CT molecular complexity index is 533. The molecule has 0 aliphatic heterocycles. The van der Waals surface area contributed by atoms with Gasteiger partial charge in [0.1, 0.15) is 11.6 Å². The van der Waals surface area contributed by atoms with Gasteiger partial charge in [0.2, 0.25) is 0 Å². The maximum Gasteiger partial charge on any atom is 0.125 e. The van der Waals surface area contributed by atoms with Crippen molar-refractivity contribution in [2.24, 2.45) is 0 Å². The molecule has 0 spiro atoms. The van der Waals surface area contributed by atoms with Crippen molar-refractivity contribution in [3.05, 3.63) is 48.0 Å². The number of nitrogens with one attached hydrogen (secondary N) is 1. The molecule has 0 radical (unpaired) electrons. The Morgan fingerprint density at radius 2 is 2.05 bits per heavy atom. The number of benzene rings is 1. The van der Waals surface area contributed by atoms with Crippen molar-refractivity contribution < 1.29 is 4.74 Å². The van der Waals surface area contributed by atoms with Gasteiger partial charge in [0.05, 0.1) is 13.2 Å². The fourth-order valence-electron chi connectivity index (χ4n) is 2.57. The van der Waals surface area contributed by atoms with Crippen molar-refractivity contribution in [3.63, 3.8) is 0 Å². The molecule has 1 unspecified atom stereocenters. The van der Waals surface area contributed by atoms with Gasteiger partial charge in [-0.2, -0.15) is 0 Å². The number of aryl methyl sites for hydroxylation is 2. The summed E-state index contributed by atoms with van der Waals surface area (Å²) in [6.07, 6.45) is 7.13. The lowest BCUT2D eigenvalue weighted by Gasteiger charge is -2.17. The summed E-state index contributed by atoms with van der Waals surface area (Å²) in [5.41, 5.74) is 1.32. The first kappa shape index (κ1) is 15.6. The SMILES string of the molecule is CCCn1ccnc1C(CCc1ccc(OC)cc1)NC. The van der Waals surface area contributed by atoms with Gasteiger partial charge in [-0.1, -0.05) is 19.1 Å². The minimum absolute atomic E-state index is 0.286. The second-order valence-corrected chi connectivity index (χ2v) is 5.21. The van der Waals surface area contributed by atoms with Gasteiger partial charge in [-0.15, -0.1) is 0 Å². The number of rotatable bonds is 8. The number of nitrogens with zero attached hydrogens (tertiary/aromatic N) is 2. The van der Waals surface area contributed by atoms with Gasteiger partial charge in [-0.25, -0.2) is 4.98 Å². The summed E-state index contributed by atoms with van der Waals surface area (Å²) in [6.45, 7) is 3.21. The molecular weight excluding hydrogens is 262 g/mol. The molecule has 2 rings (SSSR count). The number of methoxy groups -OCH3 is 1. The van der Waals surface area contributed by atoms with E-state index in [1.54, 1.807) is 7.11 Å². The van der Waals surface area contributed by atoms with E-state index < -0.39 is 0 Å². The molecule has 2 aromatic rings. The smallest absolute Gasteiger partial charge is 0.125 e. The predicted octanol–water partition coefficient (Wildman–Crippen LogP) is 3.20. The van der Waals surface area contributed by atoms with Crippen LogP contribution in [0.2, 0.25) is 0 Å². The summed E-state index contributed by atoms with van der Waals surface area (Å²) >= 11 is 0. The second kappa shape index (κ2) is 7.84. The molecule has 114 valence electrons. The normalized spacial score (nSPS) is 12.3. The molecular formula is C17H25N3O. The molecule has 0 saturated heterocycles. The Morgan fingerprint density at radius 3 is 2.67 bits per heavy atom. The first-order chi connectivity index (χ1) is 10.3. The molecule has 4 nitrogen and oxygen atoms in total. The maximum atomic E-state index is 5.19. The lowest BCUT2D eigenvalue weighted by atomic mass is 10.0. The quantitative estimate of drug-likeness (QED) is 0.810. The monoisotopic (exact) mass is 287 g/mol. The summed E-state index contributed by atoms with van der Waals surface area (Å²) in [4.78, 5) is 4.53. The van der Waals surface area contributed by atoms with Crippen molar-refractivity contribution in [1.82, 2.24) is 14.9 Å².